The number of carboxylic acid groups (broad SMARTS) is 1. The van der Waals surface area contributed by atoms with E-state index in [1.54, 1.807) is 6.07 Å². The van der Waals surface area contributed by atoms with Crippen LogP contribution >= 0.6 is 15.9 Å². The van der Waals surface area contributed by atoms with E-state index in [4.69, 9.17) is 0 Å². The minimum atomic E-state index is -0.908. The first-order chi connectivity index (χ1) is 9.90. The number of carboxylic acids is 1. The third kappa shape index (κ3) is 3.53. The van der Waals surface area contributed by atoms with Crippen LogP contribution in [0.5, 0.6) is 0 Å². The molecule has 0 aliphatic heterocycles. The number of hydrogen-bond acceptors (Lipinski definition) is 2. The maximum absolute atomic E-state index is 12.5. The average molecular weight is 352 g/mol. The Labute approximate surface area is 132 Å². The summed E-state index contributed by atoms with van der Waals surface area (Å²) < 4.78 is 0.782. The lowest BCUT2D eigenvalue weighted by atomic mass is 9.76. The number of carbonyl (C=O) groups is 2. The lowest BCUT2D eigenvalue weighted by Gasteiger charge is -2.29. The van der Waals surface area contributed by atoms with Gasteiger partial charge in [0.2, 0.25) is 5.91 Å². The molecule has 2 N–H and O–H groups in total. The largest absolute Gasteiger partial charge is 0.481 e. The van der Waals surface area contributed by atoms with Crippen molar-refractivity contribution in [2.45, 2.75) is 26.7 Å². The normalized spacial score (nSPS) is 22.0. The first-order valence-electron chi connectivity index (χ1n) is 6.83. The Balaban J connectivity index is 2.21. The Hall–Kier alpha value is -1.62. The summed E-state index contributed by atoms with van der Waals surface area (Å²) in [6, 6.07) is 7.30. The van der Waals surface area contributed by atoms with E-state index in [1.807, 2.05) is 32.0 Å². The second-order valence-corrected chi connectivity index (χ2v) is 6.34. The molecule has 0 saturated carbocycles. The molecule has 112 valence electrons. The van der Waals surface area contributed by atoms with Gasteiger partial charge < -0.3 is 10.4 Å². The summed E-state index contributed by atoms with van der Waals surface area (Å²) in [5.41, 5.74) is 2.85. The quantitative estimate of drug-likeness (QED) is 0.813. The average Bonchev–Trinajstić information content (AvgIpc) is 2.43. The van der Waals surface area contributed by atoms with Gasteiger partial charge >= 0.3 is 5.97 Å². The first kappa shape index (κ1) is 15.8. The number of halogens is 1. The van der Waals surface area contributed by atoms with Crippen molar-refractivity contribution in [3.63, 3.8) is 0 Å². The molecule has 5 heteroatoms. The predicted octanol–water partition coefficient (Wildman–Crippen LogP) is 3.83. The van der Waals surface area contributed by atoms with Gasteiger partial charge in [-0.05, 0) is 54.8 Å². The molecular formula is C16H18BrNO3. The van der Waals surface area contributed by atoms with Gasteiger partial charge in [-0.15, -0.1) is 0 Å². The summed E-state index contributed by atoms with van der Waals surface area (Å²) in [6.45, 7) is 3.90. The Morgan fingerprint density at radius 1 is 1.14 bits per heavy atom. The number of aliphatic carboxylic acids is 1. The molecule has 1 aliphatic rings. The van der Waals surface area contributed by atoms with E-state index in [-0.39, 0.29) is 5.91 Å². The second-order valence-electron chi connectivity index (χ2n) is 5.49. The summed E-state index contributed by atoms with van der Waals surface area (Å²) in [5.74, 6) is -2.33. The van der Waals surface area contributed by atoms with Gasteiger partial charge in [0.1, 0.15) is 0 Å². The molecule has 2 rings (SSSR count). The van der Waals surface area contributed by atoms with E-state index in [9.17, 15) is 14.7 Å². The van der Waals surface area contributed by atoms with Crippen molar-refractivity contribution in [2.75, 3.05) is 5.32 Å². The molecule has 1 amide bonds. The third-order valence-electron chi connectivity index (χ3n) is 4.05. The van der Waals surface area contributed by atoms with E-state index >= 15 is 0 Å². The highest BCUT2D eigenvalue weighted by atomic mass is 79.9. The third-order valence-corrected chi connectivity index (χ3v) is 4.74. The number of hydrogen-bond donors (Lipinski definition) is 2. The fourth-order valence-electron chi connectivity index (χ4n) is 2.62. The van der Waals surface area contributed by atoms with Gasteiger partial charge in [-0.25, -0.2) is 0 Å². The lowest BCUT2D eigenvalue weighted by molar-refractivity contribution is -0.146. The van der Waals surface area contributed by atoms with Crippen molar-refractivity contribution in [3.05, 3.63) is 39.9 Å². The van der Waals surface area contributed by atoms with Gasteiger partial charge in [0.05, 0.1) is 17.5 Å². The molecule has 21 heavy (non-hydrogen) atoms. The number of nitrogens with one attached hydrogen (secondary N) is 1. The molecule has 0 bridgehead atoms. The van der Waals surface area contributed by atoms with E-state index in [0.717, 1.165) is 15.6 Å². The molecule has 2 atom stereocenters. The predicted molar refractivity (Wildman–Crippen MR) is 85.0 cm³/mol. The topological polar surface area (TPSA) is 66.4 Å². The van der Waals surface area contributed by atoms with Crippen LogP contribution in [-0.4, -0.2) is 17.0 Å². The Kier molecular flexibility index (Phi) is 4.83. The van der Waals surface area contributed by atoms with Crippen molar-refractivity contribution in [1.29, 1.82) is 0 Å². The smallest absolute Gasteiger partial charge is 0.307 e. The highest BCUT2D eigenvalue weighted by Crippen LogP contribution is 2.35. The zero-order valence-electron chi connectivity index (χ0n) is 12.0. The van der Waals surface area contributed by atoms with Crippen LogP contribution in [0.3, 0.4) is 0 Å². The Morgan fingerprint density at radius 3 is 2.29 bits per heavy atom. The number of allylic oxidation sites excluding steroid dienone is 2. The van der Waals surface area contributed by atoms with Crippen LogP contribution < -0.4 is 5.32 Å². The van der Waals surface area contributed by atoms with Gasteiger partial charge in [-0.1, -0.05) is 23.3 Å². The second kappa shape index (κ2) is 6.43. The van der Waals surface area contributed by atoms with Gasteiger partial charge in [0.25, 0.3) is 0 Å². The van der Waals surface area contributed by atoms with Crippen LogP contribution in [0.25, 0.3) is 0 Å². The summed E-state index contributed by atoms with van der Waals surface area (Å²) in [6.07, 6.45) is 0.939. The van der Waals surface area contributed by atoms with Crippen molar-refractivity contribution < 1.29 is 14.7 Å². The molecular weight excluding hydrogens is 334 g/mol. The molecule has 0 radical (unpaired) electrons. The van der Waals surface area contributed by atoms with Crippen LogP contribution in [0.2, 0.25) is 0 Å². The van der Waals surface area contributed by atoms with Gasteiger partial charge in [-0.2, -0.15) is 0 Å². The van der Waals surface area contributed by atoms with Gasteiger partial charge in [0, 0.05) is 4.47 Å². The zero-order chi connectivity index (χ0) is 15.6. The molecule has 1 aromatic rings. The number of anilines is 1. The van der Waals surface area contributed by atoms with E-state index in [0.29, 0.717) is 18.5 Å². The molecule has 1 aliphatic carbocycles. The molecule has 2 unspecified atom stereocenters. The van der Waals surface area contributed by atoms with Crippen LogP contribution in [0.15, 0.2) is 39.9 Å². The van der Waals surface area contributed by atoms with Crippen molar-refractivity contribution in [2.24, 2.45) is 11.8 Å². The summed E-state index contributed by atoms with van der Waals surface area (Å²) in [4.78, 5) is 23.9. The van der Waals surface area contributed by atoms with E-state index in [1.165, 1.54) is 0 Å². The van der Waals surface area contributed by atoms with Crippen molar-refractivity contribution >= 4 is 33.5 Å². The minimum Gasteiger partial charge on any atom is -0.481 e. The van der Waals surface area contributed by atoms with Crippen LogP contribution in [0, 0.1) is 11.8 Å². The fraction of sp³-hybridized carbons (Fsp3) is 0.375. The first-order valence-corrected chi connectivity index (χ1v) is 7.63. The highest BCUT2D eigenvalue weighted by molar-refractivity contribution is 9.10. The molecule has 1 aromatic carbocycles. The number of para-hydroxylation sites is 1. The number of amides is 1. The Bertz CT molecular complexity index is 609. The molecule has 0 fully saturated rings. The Morgan fingerprint density at radius 2 is 1.71 bits per heavy atom. The van der Waals surface area contributed by atoms with Crippen LogP contribution in [-0.2, 0) is 9.59 Å². The highest BCUT2D eigenvalue weighted by Gasteiger charge is 2.37. The van der Waals surface area contributed by atoms with Gasteiger partial charge in [-0.3, -0.25) is 9.59 Å². The van der Waals surface area contributed by atoms with E-state index < -0.39 is 17.8 Å². The summed E-state index contributed by atoms with van der Waals surface area (Å²) >= 11 is 3.37. The monoisotopic (exact) mass is 351 g/mol. The molecule has 0 heterocycles. The maximum atomic E-state index is 12.5. The van der Waals surface area contributed by atoms with Crippen molar-refractivity contribution in [3.8, 4) is 0 Å². The lowest BCUT2D eigenvalue weighted by Crippen LogP contribution is -2.36. The van der Waals surface area contributed by atoms with Crippen molar-refractivity contribution in [1.82, 2.24) is 0 Å². The molecule has 0 saturated heterocycles. The van der Waals surface area contributed by atoms with Crippen LogP contribution in [0.1, 0.15) is 26.7 Å². The fourth-order valence-corrected chi connectivity index (χ4v) is 3.00. The SMILES string of the molecule is CC1=C(C)CC(C(=O)Nc2ccccc2Br)C(C(=O)O)C1. The number of benzene rings is 1. The maximum Gasteiger partial charge on any atom is 0.307 e. The zero-order valence-corrected chi connectivity index (χ0v) is 13.6. The summed E-state index contributed by atoms with van der Waals surface area (Å²) in [5, 5.41) is 12.2. The van der Waals surface area contributed by atoms with E-state index in [2.05, 4.69) is 21.2 Å². The van der Waals surface area contributed by atoms with Crippen LogP contribution in [0.4, 0.5) is 5.69 Å². The molecule has 4 nitrogen and oxygen atoms in total. The number of carbonyl (C=O) groups excluding carboxylic acids is 1. The minimum absolute atomic E-state index is 0.235. The van der Waals surface area contributed by atoms with Gasteiger partial charge in [0.15, 0.2) is 0 Å². The standard InChI is InChI=1S/C16H18BrNO3/c1-9-7-11(12(16(20)21)8-10(9)2)15(19)18-14-6-4-3-5-13(14)17/h3-6,11-12H,7-8H2,1-2H3,(H,18,19)(H,20,21). The number of rotatable bonds is 3. The summed E-state index contributed by atoms with van der Waals surface area (Å²) in [7, 11) is 0. The molecule has 0 spiro atoms. The molecule has 0 aromatic heterocycles.